The molecule has 0 fully saturated rings. The fourth-order valence-electron chi connectivity index (χ4n) is 6.13. The van der Waals surface area contributed by atoms with Gasteiger partial charge in [-0.3, -0.25) is 4.79 Å². The van der Waals surface area contributed by atoms with Gasteiger partial charge in [0.25, 0.3) is 0 Å². The number of anilines is 1. The van der Waals surface area contributed by atoms with E-state index in [4.69, 9.17) is 0 Å². The zero-order valence-corrected chi connectivity index (χ0v) is 23.5. The van der Waals surface area contributed by atoms with Gasteiger partial charge >= 0.3 is 0 Å². The Morgan fingerprint density at radius 3 is 2.32 bits per heavy atom. The first kappa shape index (κ1) is 25.7. The fourth-order valence-corrected chi connectivity index (χ4v) is 6.93. The van der Waals surface area contributed by atoms with Crippen molar-refractivity contribution in [3.05, 3.63) is 68.4 Å². The molecule has 6 nitrogen and oxygen atoms in total. The molecule has 3 aliphatic rings. The molecule has 0 aromatic heterocycles. The molecule has 2 aliphatic heterocycles. The van der Waals surface area contributed by atoms with E-state index >= 15 is 0 Å². The standard InChI is InChI=1S/C30H36N2O4S/c1-7-19-14-25-20(8-10-31(25)17(2)3)12-23(19)27-29(33)28(30(27)34)24-13-21-9-11-32(18(4)5)26(21)15-22(24)16-37(6,35)36/h12-15,17-18H,7-11,16H2,1-6H3. The predicted octanol–water partition coefficient (Wildman–Crippen LogP) is 1.53. The predicted molar refractivity (Wildman–Crippen MR) is 147 cm³/mol. The van der Waals surface area contributed by atoms with Gasteiger partial charge in [-0.25, -0.2) is 13.0 Å². The van der Waals surface area contributed by atoms with Gasteiger partial charge in [-0.05, 0) is 86.2 Å². The zero-order chi connectivity index (χ0) is 26.8. The van der Waals surface area contributed by atoms with Crippen LogP contribution in [0.3, 0.4) is 0 Å². The van der Waals surface area contributed by atoms with Gasteiger partial charge in [0.15, 0.2) is 15.6 Å². The minimum absolute atomic E-state index is 0.130. The number of benzene rings is 2. The van der Waals surface area contributed by atoms with Gasteiger partial charge in [0.05, 0.1) is 5.75 Å². The molecule has 0 amide bonds. The number of rotatable bonds is 6. The number of hydrogen-bond acceptors (Lipinski definition) is 5. The highest BCUT2D eigenvalue weighted by Crippen LogP contribution is 2.41. The third-order valence-corrected chi connectivity index (χ3v) is 8.80. The summed E-state index contributed by atoms with van der Waals surface area (Å²) >= 11 is 0. The molecule has 0 unspecified atom stereocenters. The molecular weight excluding hydrogens is 484 g/mol. The van der Waals surface area contributed by atoms with E-state index in [0.717, 1.165) is 54.4 Å². The second kappa shape index (κ2) is 9.12. The fraction of sp³-hybridized carbons (Fsp3) is 0.467. The van der Waals surface area contributed by atoms with E-state index in [1.165, 1.54) is 17.2 Å². The lowest BCUT2D eigenvalue weighted by molar-refractivity contribution is -0.292. The number of aryl methyl sites for hydroxylation is 1. The van der Waals surface area contributed by atoms with Crippen molar-refractivity contribution in [3.8, 4) is 0 Å². The van der Waals surface area contributed by atoms with Gasteiger partial charge in [0.2, 0.25) is 5.36 Å². The van der Waals surface area contributed by atoms with Crippen LogP contribution in [0.4, 0.5) is 5.69 Å². The number of Topliss-reactive ketones (excluding diaryl/α,β-unsaturated/α-hetero) is 1. The third kappa shape index (κ3) is 4.31. The van der Waals surface area contributed by atoms with Crippen LogP contribution in [0.1, 0.15) is 62.4 Å². The van der Waals surface area contributed by atoms with Gasteiger partial charge in [-0.2, -0.15) is 0 Å². The SMILES string of the molecule is CCc1cc2c(c/c1=C1/C(=O)C(c3cc4c(cc3CS(C)(=O)=O)N(C(C)C)CC4)=C1[O-])CC[N+]=2C(C)C. The van der Waals surface area contributed by atoms with E-state index in [2.05, 4.69) is 43.2 Å². The second-order valence-corrected chi connectivity index (χ2v) is 13.3. The Bertz CT molecular complexity index is 1600. The molecular formula is C30H36N2O4S. The van der Waals surface area contributed by atoms with Crippen LogP contribution in [0.5, 0.6) is 0 Å². The molecule has 0 saturated heterocycles. The summed E-state index contributed by atoms with van der Waals surface area (Å²) in [7, 11) is -3.37. The molecule has 0 N–H and O–H groups in total. The zero-order valence-electron chi connectivity index (χ0n) is 22.6. The molecule has 0 spiro atoms. The minimum atomic E-state index is -3.37. The van der Waals surface area contributed by atoms with Gasteiger partial charge in [0.1, 0.15) is 12.6 Å². The lowest BCUT2D eigenvalue weighted by atomic mass is 9.79. The van der Waals surface area contributed by atoms with E-state index in [-0.39, 0.29) is 34.5 Å². The van der Waals surface area contributed by atoms with E-state index in [0.29, 0.717) is 17.2 Å². The Hall–Kier alpha value is -2.93. The Morgan fingerprint density at radius 1 is 1.00 bits per heavy atom. The second-order valence-electron chi connectivity index (χ2n) is 11.2. The van der Waals surface area contributed by atoms with Crippen LogP contribution in [0.2, 0.25) is 0 Å². The highest BCUT2D eigenvalue weighted by Gasteiger charge is 2.34. The number of fused-ring (bicyclic) bond motifs is 2. The minimum Gasteiger partial charge on any atom is -0.871 e. The monoisotopic (exact) mass is 520 g/mol. The summed E-state index contributed by atoms with van der Waals surface area (Å²) in [5, 5.41) is 15.6. The number of hydrogen-bond donors (Lipinski definition) is 0. The number of ketones is 1. The average Bonchev–Trinajstić information content (AvgIpc) is 3.41. The van der Waals surface area contributed by atoms with Crippen molar-refractivity contribution < 1.29 is 18.3 Å². The van der Waals surface area contributed by atoms with Crippen LogP contribution in [0, 0.1) is 0 Å². The van der Waals surface area contributed by atoms with Gasteiger partial charge in [-0.15, -0.1) is 0 Å². The van der Waals surface area contributed by atoms with Gasteiger partial charge in [-0.1, -0.05) is 12.7 Å². The molecule has 1 aliphatic carbocycles. The Morgan fingerprint density at radius 2 is 1.73 bits per heavy atom. The maximum atomic E-state index is 13.6. The molecule has 37 heavy (non-hydrogen) atoms. The Labute approximate surface area is 219 Å². The highest BCUT2D eigenvalue weighted by molar-refractivity contribution is 7.89. The Kier molecular flexibility index (Phi) is 6.34. The summed E-state index contributed by atoms with van der Waals surface area (Å²) in [6.45, 7) is 12.4. The molecule has 5 rings (SSSR count). The molecule has 0 radical (unpaired) electrons. The highest BCUT2D eigenvalue weighted by atomic mass is 32.2. The topological polar surface area (TPSA) is 80.5 Å². The number of nitrogens with zero attached hydrogens (tertiary/aromatic N) is 2. The molecule has 2 aromatic rings. The van der Waals surface area contributed by atoms with Crippen LogP contribution < -0.4 is 25.2 Å². The largest absolute Gasteiger partial charge is 0.871 e. The quantitative estimate of drug-likeness (QED) is 0.540. The van der Waals surface area contributed by atoms with Crippen molar-refractivity contribution in [2.75, 3.05) is 24.2 Å². The number of sulfone groups is 1. The van der Waals surface area contributed by atoms with Gasteiger partial charge in [0, 0.05) is 53.7 Å². The molecule has 196 valence electrons. The molecule has 0 atom stereocenters. The van der Waals surface area contributed by atoms with Crippen molar-refractivity contribution in [2.45, 2.75) is 71.7 Å². The van der Waals surface area contributed by atoms with Crippen molar-refractivity contribution >= 4 is 32.5 Å². The van der Waals surface area contributed by atoms with E-state index < -0.39 is 9.84 Å². The van der Waals surface area contributed by atoms with Crippen molar-refractivity contribution in [2.24, 2.45) is 0 Å². The van der Waals surface area contributed by atoms with Crippen LogP contribution in [-0.2, 0) is 39.6 Å². The number of carbonyl (C=O) groups is 1. The van der Waals surface area contributed by atoms with Crippen molar-refractivity contribution in [3.63, 3.8) is 0 Å². The van der Waals surface area contributed by atoms with Crippen LogP contribution in [0.25, 0.3) is 11.1 Å². The molecule has 0 bridgehead atoms. The smallest absolute Gasteiger partial charge is 0.203 e. The first-order valence-electron chi connectivity index (χ1n) is 13.3. The van der Waals surface area contributed by atoms with E-state index in [1.54, 1.807) is 0 Å². The van der Waals surface area contributed by atoms with Crippen LogP contribution in [-0.4, -0.2) is 45.6 Å². The lowest BCUT2D eigenvalue weighted by Gasteiger charge is -2.33. The normalized spacial score (nSPS) is 18.8. The Balaban J connectivity index is 1.71. The first-order chi connectivity index (χ1) is 17.4. The molecule has 0 saturated carbocycles. The summed E-state index contributed by atoms with van der Waals surface area (Å²) in [5.74, 6) is -0.746. The van der Waals surface area contributed by atoms with Crippen LogP contribution in [0.15, 0.2) is 30.0 Å². The third-order valence-electron chi connectivity index (χ3n) is 7.96. The summed E-state index contributed by atoms with van der Waals surface area (Å²) < 4.78 is 27.0. The van der Waals surface area contributed by atoms with Crippen molar-refractivity contribution in [1.29, 1.82) is 0 Å². The maximum Gasteiger partial charge on any atom is 0.203 e. The van der Waals surface area contributed by atoms with Crippen LogP contribution >= 0.6 is 0 Å². The van der Waals surface area contributed by atoms with Crippen molar-refractivity contribution in [1.82, 2.24) is 4.58 Å². The molecule has 7 heteroatoms. The lowest BCUT2D eigenvalue weighted by Crippen LogP contribution is -2.37. The first-order valence-corrected chi connectivity index (χ1v) is 15.3. The number of carbonyl (C=O) groups excluding carboxylic acids is 1. The molecule has 2 heterocycles. The van der Waals surface area contributed by atoms with E-state index in [1.807, 2.05) is 25.1 Å². The summed E-state index contributed by atoms with van der Waals surface area (Å²) in [6.07, 6.45) is 3.61. The maximum absolute atomic E-state index is 13.6. The van der Waals surface area contributed by atoms with E-state index in [9.17, 15) is 18.3 Å². The number of allylic oxidation sites excluding steroid dienone is 2. The summed E-state index contributed by atoms with van der Waals surface area (Å²) in [6, 6.07) is 8.63. The molecule has 2 aromatic carbocycles. The van der Waals surface area contributed by atoms with Gasteiger partial charge < -0.3 is 10.0 Å². The summed E-state index contributed by atoms with van der Waals surface area (Å²) in [4.78, 5) is 15.9. The summed E-state index contributed by atoms with van der Waals surface area (Å²) in [5.41, 5.74) is 5.62. The average molecular weight is 521 g/mol.